The van der Waals surface area contributed by atoms with Gasteiger partial charge in [-0.25, -0.2) is 0 Å². The molecule has 1 atom stereocenters. The molecule has 0 aromatic carbocycles. The van der Waals surface area contributed by atoms with Gasteiger partial charge in [0.1, 0.15) is 5.76 Å². The summed E-state index contributed by atoms with van der Waals surface area (Å²) in [7, 11) is 0. The SMILES string of the molecule is CCC(C)NC(=NCC(C)(C)SC)NCCc1ccco1. The third-order valence-corrected chi connectivity index (χ3v) is 4.64. The molecule has 0 aliphatic carbocycles. The molecule has 0 aliphatic heterocycles. The standard InChI is InChI=1S/C16H29N3OS/c1-6-13(2)19-15(18-12-16(3,4)21-5)17-10-9-14-8-7-11-20-14/h7-8,11,13H,6,9-10,12H2,1-5H3,(H2,17,18,19). The molecule has 0 spiro atoms. The predicted octanol–water partition coefficient (Wildman–Crippen LogP) is 3.30. The van der Waals surface area contributed by atoms with Crippen molar-refractivity contribution in [2.45, 2.75) is 51.3 Å². The van der Waals surface area contributed by atoms with Crippen molar-refractivity contribution in [2.75, 3.05) is 19.3 Å². The lowest BCUT2D eigenvalue weighted by molar-refractivity contribution is 0.506. The monoisotopic (exact) mass is 311 g/mol. The van der Waals surface area contributed by atoms with Gasteiger partial charge in [-0.15, -0.1) is 0 Å². The van der Waals surface area contributed by atoms with Crippen LogP contribution in [0.2, 0.25) is 0 Å². The summed E-state index contributed by atoms with van der Waals surface area (Å²) in [6.45, 7) is 10.4. The molecule has 1 aromatic rings. The molecule has 21 heavy (non-hydrogen) atoms. The number of furan rings is 1. The summed E-state index contributed by atoms with van der Waals surface area (Å²) in [5, 5.41) is 6.83. The fraction of sp³-hybridized carbons (Fsp3) is 0.688. The van der Waals surface area contributed by atoms with Crippen LogP contribution in [0.4, 0.5) is 0 Å². The summed E-state index contributed by atoms with van der Waals surface area (Å²) in [5.41, 5.74) is 0. The van der Waals surface area contributed by atoms with Crippen LogP contribution < -0.4 is 10.6 Å². The highest BCUT2D eigenvalue weighted by Gasteiger charge is 2.15. The van der Waals surface area contributed by atoms with Gasteiger partial charge in [0.25, 0.3) is 0 Å². The Balaban J connectivity index is 2.52. The summed E-state index contributed by atoms with van der Waals surface area (Å²) < 4.78 is 5.50. The maximum atomic E-state index is 5.35. The van der Waals surface area contributed by atoms with E-state index in [2.05, 4.69) is 44.6 Å². The van der Waals surface area contributed by atoms with Gasteiger partial charge in [0, 0.05) is 23.8 Å². The number of hydrogen-bond acceptors (Lipinski definition) is 3. The molecule has 0 radical (unpaired) electrons. The van der Waals surface area contributed by atoms with Crippen molar-refractivity contribution in [2.24, 2.45) is 4.99 Å². The van der Waals surface area contributed by atoms with Crippen LogP contribution in [0, 0.1) is 0 Å². The topological polar surface area (TPSA) is 49.6 Å². The second-order valence-corrected chi connectivity index (χ2v) is 7.35. The summed E-state index contributed by atoms with van der Waals surface area (Å²) in [5.74, 6) is 1.88. The fourth-order valence-electron chi connectivity index (χ4n) is 1.58. The van der Waals surface area contributed by atoms with Gasteiger partial charge in [-0.3, -0.25) is 4.99 Å². The molecule has 0 amide bonds. The van der Waals surface area contributed by atoms with Gasteiger partial charge in [0.15, 0.2) is 5.96 Å². The van der Waals surface area contributed by atoms with E-state index in [9.17, 15) is 0 Å². The number of aliphatic imine (C=N–C) groups is 1. The van der Waals surface area contributed by atoms with Gasteiger partial charge in [-0.1, -0.05) is 6.92 Å². The molecule has 1 heterocycles. The van der Waals surface area contributed by atoms with Crippen LogP contribution in [0.25, 0.3) is 0 Å². The van der Waals surface area contributed by atoms with Crippen LogP contribution in [0.15, 0.2) is 27.8 Å². The molecule has 1 unspecified atom stereocenters. The first kappa shape index (κ1) is 18.0. The molecule has 5 heteroatoms. The lowest BCUT2D eigenvalue weighted by atomic mass is 10.2. The van der Waals surface area contributed by atoms with Crippen molar-refractivity contribution in [3.63, 3.8) is 0 Å². The maximum Gasteiger partial charge on any atom is 0.191 e. The minimum atomic E-state index is 0.158. The van der Waals surface area contributed by atoms with E-state index in [1.165, 1.54) is 0 Å². The second-order valence-electron chi connectivity index (χ2n) is 5.84. The minimum absolute atomic E-state index is 0.158. The molecule has 0 fully saturated rings. The number of hydrogen-bond donors (Lipinski definition) is 2. The largest absolute Gasteiger partial charge is 0.469 e. The quantitative estimate of drug-likeness (QED) is 0.571. The van der Waals surface area contributed by atoms with Gasteiger partial charge in [-0.05, 0) is 45.6 Å². The van der Waals surface area contributed by atoms with E-state index >= 15 is 0 Å². The van der Waals surface area contributed by atoms with E-state index in [0.29, 0.717) is 6.04 Å². The first-order chi connectivity index (χ1) is 9.96. The van der Waals surface area contributed by atoms with Crippen LogP contribution in [0.1, 0.15) is 39.9 Å². The van der Waals surface area contributed by atoms with E-state index < -0.39 is 0 Å². The maximum absolute atomic E-state index is 5.35. The molecular weight excluding hydrogens is 282 g/mol. The lowest BCUT2D eigenvalue weighted by Crippen LogP contribution is -2.43. The van der Waals surface area contributed by atoms with E-state index in [-0.39, 0.29) is 4.75 Å². The summed E-state index contributed by atoms with van der Waals surface area (Å²) in [6.07, 6.45) is 5.77. The van der Waals surface area contributed by atoms with Gasteiger partial charge < -0.3 is 15.1 Å². The molecule has 0 saturated carbocycles. The Hall–Kier alpha value is -1.10. The molecule has 120 valence electrons. The Bertz CT molecular complexity index is 415. The van der Waals surface area contributed by atoms with Crippen molar-refractivity contribution in [1.29, 1.82) is 0 Å². The smallest absolute Gasteiger partial charge is 0.191 e. The van der Waals surface area contributed by atoms with E-state index in [1.807, 2.05) is 23.9 Å². The average Bonchev–Trinajstić information content (AvgIpc) is 2.97. The van der Waals surface area contributed by atoms with Crippen LogP contribution in [-0.4, -0.2) is 36.1 Å². The minimum Gasteiger partial charge on any atom is -0.469 e. The fourth-order valence-corrected chi connectivity index (χ4v) is 1.77. The number of nitrogens with one attached hydrogen (secondary N) is 2. The van der Waals surface area contributed by atoms with Crippen LogP contribution in [0.3, 0.4) is 0 Å². The summed E-state index contributed by atoms with van der Waals surface area (Å²) in [6, 6.07) is 4.33. The predicted molar refractivity (Wildman–Crippen MR) is 93.2 cm³/mol. The number of guanidine groups is 1. The number of rotatable bonds is 8. The first-order valence-corrected chi connectivity index (χ1v) is 8.81. The second kappa shape index (κ2) is 9.03. The van der Waals surface area contributed by atoms with Gasteiger partial charge in [-0.2, -0.15) is 11.8 Å². The average molecular weight is 311 g/mol. The summed E-state index contributed by atoms with van der Waals surface area (Å²) >= 11 is 1.84. The Morgan fingerprint density at radius 3 is 2.81 bits per heavy atom. The van der Waals surface area contributed by atoms with Crippen LogP contribution in [-0.2, 0) is 6.42 Å². The van der Waals surface area contributed by atoms with Crippen LogP contribution in [0.5, 0.6) is 0 Å². The lowest BCUT2D eigenvalue weighted by Gasteiger charge is -2.22. The van der Waals surface area contributed by atoms with Gasteiger partial charge in [0.05, 0.1) is 12.8 Å². The first-order valence-electron chi connectivity index (χ1n) is 7.59. The molecule has 0 aliphatic rings. The number of nitrogens with zero attached hydrogens (tertiary/aromatic N) is 1. The zero-order chi connectivity index (χ0) is 15.7. The highest BCUT2D eigenvalue weighted by molar-refractivity contribution is 7.99. The summed E-state index contributed by atoms with van der Waals surface area (Å²) in [4.78, 5) is 4.72. The van der Waals surface area contributed by atoms with Crippen molar-refractivity contribution in [1.82, 2.24) is 10.6 Å². The normalized spacial score (nSPS) is 14.0. The van der Waals surface area contributed by atoms with Gasteiger partial charge >= 0.3 is 0 Å². The number of thioether (sulfide) groups is 1. The third kappa shape index (κ3) is 7.46. The molecule has 4 nitrogen and oxygen atoms in total. The van der Waals surface area contributed by atoms with Crippen LogP contribution >= 0.6 is 11.8 Å². The molecule has 1 rings (SSSR count). The molecular formula is C16H29N3OS. The van der Waals surface area contributed by atoms with Crippen molar-refractivity contribution in [3.8, 4) is 0 Å². The highest BCUT2D eigenvalue weighted by Crippen LogP contribution is 2.20. The molecule has 2 N–H and O–H groups in total. The van der Waals surface area contributed by atoms with Gasteiger partial charge in [0.2, 0.25) is 0 Å². The van der Waals surface area contributed by atoms with E-state index in [0.717, 1.165) is 37.7 Å². The Morgan fingerprint density at radius 2 is 2.24 bits per heavy atom. The van der Waals surface area contributed by atoms with E-state index in [4.69, 9.17) is 9.41 Å². The molecule has 0 saturated heterocycles. The highest BCUT2D eigenvalue weighted by atomic mass is 32.2. The van der Waals surface area contributed by atoms with E-state index in [1.54, 1.807) is 6.26 Å². The Labute approximate surface area is 133 Å². The molecule has 0 bridgehead atoms. The third-order valence-electron chi connectivity index (χ3n) is 3.41. The molecule has 1 aromatic heterocycles. The Morgan fingerprint density at radius 1 is 1.48 bits per heavy atom. The Kier molecular flexibility index (Phi) is 7.72. The zero-order valence-electron chi connectivity index (χ0n) is 13.9. The van der Waals surface area contributed by atoms with Crippen molar-refractivity contribution in [3.05, 3.63) is 24.2 Å². The van der Waals surface area contributed by atoms with Crippen molar-refractivity contribution < 1.29 is 4.42 Å². The zero-order valence-corrected chi connectivity index (χ0v) is 14.7. The van der Waals surface area contributed by atoms with Crippen molar-refractivity contribution >= 4 is 17.7 Å².